The Balaban J connectivity index is 2.10. The van der Waals surface area contributed by atoms with Crippen molar-refractivity contribution in [3.05, 3.63) is 41.0 Å². The highest BCUT2D eigenvalue weighted by Crippen LogP contribution is 2.29. The van der Waals surface area contributed by atoms with Crippen molar-refractivity contribution in [1.82, 2.24) is 9.97 Å². The molecule has 0 fully saturated rings. The fourth-order valence-electron chi connectivity index (χ4n) is 2.07. The van der Waals surface area contributed by atoms with Crippen LogP contribution in [0.25, 0.3) is 22.4 Å². The van der Waals surface area contributed by atoms with E-state index in [0.717, 1.165) is 28.9 Å². The molecule has 0 saturated heterocycles. The number of rotatable bonds is 3. The lowest BCUT2D eigenvalue weighted by Crippen LogP contribution is -2.03. The van der Waals surface area contributed by atoms with Crippen molar-refractivity contribution in [3.8, 4) is 11.5 Å². The zero-order valence-electron chi connectivity index (χ0n) is 11.3. The number of furan rings is 1. The SMILES string of the molecule is CCNc1nc(C)cc(-c2cc3cc(Cl)ccc3o2)n1. The topological polar surface area (TPSA) is 51.0 Å². The Bertz CT molecular complexity index is 767. The van der Waals surface area contributed by atoms with E-state index in [1.165, 1.54) is 0 Å². The largest absolute Gasteiger partial charge is 0.454 e. The van der Waals surface area contributed by atoms with Gasteiger partial charge in [0.15, 0.2) is 5.76 Å². The van der Waals surface area contributed by atoms with Gasteiger partial charge in [0.05, 0.1) is 0 Å². The van der Waals surface area contributed by atoms with Gasteiger partial charge in [-0.3, -0.25) is 0 Å². The van der Waals surface area contributed by atoms with E-state index in [2.05, 4.69) is 15.3 Å². The van der Waals surface area contributed by atoms with Crippen LogP contribution < -0.4 is 5.32 Å². The lowest BCUT2D eigenvalue weighted by molar-refractivity contribution is 0.628. The van der Waals surface area contributed by atoms with Gasteiger partial charge in [-0.15, -0.1) is 0 Å². The molecule has 102 valence electrons. The summed E-state index contributed by atoms with van der Waals surface area (Å²) in [5.74, 6) is 1.33. The van der Waals surface area contributed by atoms with Gasteiger partial charge in [0.1, 0.15) is 11.3 Å². The third-order valence-corrected chi connectivity index (χ3v) is 3.15. The normalized spacial score (nSPS) is 10.9. The summed E-state index contributed by atoms with van der Waals surface area (Å²) in [7, 11) is 0. The fraction of sp³-hybridized carbons (Fsp3) is 0.200. The summed E-state index contributed by atoms with van der Waals surface area (Å²) in [6.07, 6.45) is 0. The molecule has 0 aliphatic heterocycles. The zero-order chi connectivity index (χ0) is 14.1. The minimum atomic E-state index is 0.612. The molecule has 2 aromatic heterocycles. The van der Waals surface area contributed by atoms with E-state index in [0.29, 0.717) is 16.7 Å². The van der Waals surface area contributed by atoms with Crippen molar-refractivity contribution in [1.29, 1.82) is 0 Å². The summed E-state index contributed by atoms with van der Waals surface area (Å²) in [5, 5.41) is 4.77. The second-order valence-corrected chi connectivity index (χ2v) is 4.98. The number of nitrogens with one attached hydrogen (secondary N) is 1. The van der Waals surface area contributed by atoms with Crippen LogP contribution in [0.4, 0.5) is 5.95 Å². The van der Waals surface area contributed by atoms with Crippen LogP contribution in [0.1, 0.15) is 12.6 Å². The van der Waals surface area contributed by atoms with Crippen LogP contribution in [-0.4, -0.2) is 16.5 Å². The summed E-state index contributed by atoms with van der Waals surface area (Å²) in [4.78, 5) is 8.79. The average molecular weight is 288 g/mol. The second-order valence-electron chi connectivity index (χ2n) is 4.54. The first-order valence-corrected chi connectivity index (χ1v) is 6.82. The summed E-state index contributed by atoms with van der Waals surface area (Å²) in [5.41, 5.74) is 2.45. The molecule has 3 rings (SSSR count). The Morgan fingerprint density at radius 1 is 1.20 bits per heavy atom. The van der Waals surface area contributed by atoms with Crippen molar-refractivity contribution in [2.45, 2.75) is 13.8 Å². The van der Waals surface area contributed by atoms with Gasteiger partial charge < -0.3 is 9.73 Å². The van der Waals surface area contributed by atoms with Crippen LogP contribution in [0.3, 0.4) is 0 Å². The smallest absolute Gasteiger partial charge is 0.223 e. The molecule has 20 heavy (non-hydrogen) atoms. The summed E-state index contributed by atoms with van der Waals surface area (Å²) < 4.78 is 5.82. The number of aromatic nitrogens is 2. The molecule has 4 nitrogen and oxygen atoms in total. The van der Waals surface area contributed by atoms with E-state index in [-0.39, 0.29) is 0 Å². The van der Waals surface area contributed by atoms with Gasteiger partial charge in [0.2, 0.25) is 5.95 Å². The van der Waals surface area contributed by atoms with Crippen LogP contribution in [-0.2, 0) is 0 Å². The molecule has 3 aromatic rings. The van der Waals surface area contributed by atoms with E-state index in [1.807, 2.05) is 44.2 Å². The Labute approximate surface area is 121 Å². The van der Waals surface area contributed by atoms with Crippen LogP contribution in [0.5, 0.6) is 0 Å². The van der Waals surface area contributed by atoms with E-state index in [1.54, 1.807) is 0 Å². The zero-order valence-corrected chi connectivity index (χ0v) is 12.0. The fourth-order valence-corrected chi connectivity index (χ4v) is 2.25. The number of hydrogen-bond donors (Lipinski definition) is 1. The van der Waals surface area contributed by atoms with Crippen molar-refractivity contribution in [2.75, 3.05) is 11.9 Å². The number of hydrogen-bond acceptors (Lipinski definition) is 4. The van der Waals surface area contributed by atoms with Gasteiger partial charge in [-0.1, -0.05) is 11.6 Å². The Morgan fingerprint density at radius 2 is 2.05 bits per heavy atom. The number of benzene rings is 1. The molecule has 0 aliphatic rings. The maximum atomic E-state index is 5.99. The van der Waals surface area contributed by atoms with Gasteiger partial charge in [0, 0.05) is 22.6 Å². The first-order valence-electron chi connectivity index (χ1n) is 6.45. The number of aryl methyl sites for hydroxylation is 1. The molecular weight excluding hydrogens is 274 g/mol. The van der Waals surface area contributed by atoms with Gasteiger partial charge in [0.25, 0.3) is 0 Å². The molecular formula is C15H14ClN3O. The summed E-state index contributed by atoms with van der Waals surface area (Å²) in [6, 6.07) is 9.40. The third kappa shape index (κ3) is 2.47. The molecule has 0 spiro atoms. The van der Waals surface area contributed by atoms with Crippen molar-refractivity contribution < 1.29 is 4.42 Å². The molecule has 0 bridgehead atoms. The molecule has 1 N–H and O–H groups in total. The van der Waals surface area contributed by atoms with Gasteiger partial charge in [-0.25, -0.2) is 9.97 Å². The van der Waals surface area contributed by atoms with Gasteiger partial charge in [-0.2, -0.15) is 0 Å². The Kier molecular flexibility index (Phi) is 3.32. The average Bonchev–Trinajstić information content (AvgIpc) is 2.81. The first-order chi connectivity index (χ1) is 9.65. The summed E-state index contributed by atoms with van der Waals surface area (Å²) >= 11 is 5.99. The van der Waals surface area contributed by atoms with Crippen LogP contribution in [0, 0.1) is 6.92 Å². The molecule has 5 heteroatoms. The molecule has 1 aromatic carbocycles. The van der Waals surface area contributed by atoms with Crippen LogP contribution in [0.2, 0.25) is 5.02 Å². The molecule has 0 aliphatic carbocycles. The molecule has 2 heterocycles. The van der Waals surface area contributed by atoms with Crippen molar-refractivity contribution in [3.63, 3.8) is 0 Å². The minimum absolute atomic E-state index is 0.612. The highest BCUT2D eigenvalue weighted by Gasteiger charge is 2.10. The third-order valence-electron chi connectivity index (χ3n) is 2.92. The lowest BCUT2D eigenvalue weighted by Gasteiger charge is -2.04. The monoisotopic (exact) mass is 287 g/mol. The maximum Gasteiger partial charge on any atom is 0.223 e. The predicted octanol–water partition coefficient (Wildman–Crippen LogP) is 4.28. The molecule has 0 radical (unpaired) electrons. The molecule has 0 unspecified atom stereocenters. The number of fused-ring (bicyclic) bond motifs is 1. The van der Waals surface area contributed by atoms with E-state index in [9.17, 15) is 0 Å². The van der Waals surface area contributed by atoms with E-state index >= 15 is 0 Å². The number of halogens is 1. The number of nitrogens with zero attached hydrogens (tertiary/aromatic N) is 2. The molecule has 0 amide bonds. The second kappa shape index (κ2) is 5.13. The quantitative estimate of drug-likeness (QED) is 0.781. The highest BCUT2D eigenvalue weighted by molar-refractivity contribution is 6.31. The van der Waals surface area contributed by atoms with E-state index in [4.69, 9.17) is 16.0 Å². The van der Waals surface area contributed by atoms with Gasteiger partial charge in [-0.05, 0) is 44.2 Å². The number of anilines is 1. The minimum Gasteiger partial charge on any atom is -0.454 e. The maximum absolute atomic E-state index is 5.99. The summed E-state index contributed by atoms with van der Waals surface area (Å²) in [6.45, 7) is 4.72. The predicted molar refractivity (Wildman–Crippen MR) is 81.2 cm³/mol. The molecule has 0 saturated carbocycles. The van der Waals surface area contributed by atoms with Crippen LogP contribution in [0.15, 0.2) is 34.7 Å². The first kappa shape index (κ1) is 12.9. The van der Waals surface area contributed by atoms with Crippen LogP contribution >= 0.6 is 11.6 Å². The Morgan fingerprint density at radius 3 is 2.85 bits per heavy atom. The highest BCUT2D eigenvalue weighted by atomic mass is 35.5. The Hall–Kier alpha value is -2.07. The standard InChI is InChI=1S/C15H14ClN3O/c1-3-17-15-18-9(2)6-12(19-15)14-8-10-7-11(16)4-5-13(10)20-14/h4-8H,3H2,1-2H3,(H,17,18,19). The van der Waals surface area contributed by atoms with Crippen molar-refractivity contribution >= 4 is 28.5 Å². The van der Waals surface area contributed by atoms with E-state index < -0.39 is 0 Å². The van der Waals surface area contributed by atoms with Gasteiger partial charge >= 0.3 is 0 Å². The lowest BCUT2D eigenvalue weighted by atomic mass is 10.2. The van der Waals surface area contributed by atoms with Crippen molar-refractivity contribution in [2.24, 2.45) is 0 Å². The molecule has 0 atom stereocenters.